The van der Waals surface area contributed by atoms with Crippen LogP contribution in [-0.4, -0.2) is 82.5 Å². The molecule has 3 aromatic rings. The fraction of sp³-hybridized carbons (Fsp3) is 0.588. The van der Waals surface area contributed by atoms with E-state index in [0.717, 1.165) is 68.2 Å². The van der Waals surface area contributed by atoms with Crippen LogP contribution in [0.2, 0.25) is 0 Å². The average Bonchev–Trinajstić information content (AvgIpc) is 3.47. The van der Waals surface area contributed by atoms with Crippen molar-refractivity contribution in [2.45, 2.75) is 87.9 Å². The van der Waals surface area contributed by atoms with Crippen molar-refractivity contribution in [2.24, 2.45) is 0 Å². The summed E-state index contributed by atoms with van der Waals surface area (Å²) in [5.74, 6) is 0.504. The Morgan fingerprint density at radius 2 is 1.95 bits per heavy atom. The second-order valence-electron chi connectivity index (χ2n) is 13.7. The number of halogens is 2. The highest BCUT2D eigenvalue weighted by Gasteiger charge is 2.49. The van der Waals surface area contributed by atoms with Gasteiger partial charge in [0.2, 0.25) is 0 Å². The van der Waals surface area contributed by atoms with E-state index in [1.165, 1.54) is 6.42 Å². The summed E-state index contributed by atoms with van der Waals surface area (Å²) in [6.07, 6.45) is 7.76. The lowest BCUT2D eigenvalue weighted by Crippen LogP contribution is -2.54. The summed E-state index contributed by atoms with van der Waals surface area (Å²) in [5.41, 5.74) is 3.18. The molecule has 230 valence electrons. The van der Waals surface area contributed by atoms with Crippen molar-refractivity contribution in [3.8, 4) is 22.9 Å². The minimum atomic E-state index is -0.862. The largest absolute Gasteiger partial charge is 0.508 e. The van der Waals surface area contributed by atoms with Crippen LogP contribution in [-0.2, 0) is 6.42 Å². The lowest BCUT2D eigenvalue weighted by atomic mass is 9.75. The third-order valence-electron chi connectivity index (χ3n) is 11.0. The Bertz CT molecular complexity index is 1540. The van der Waals surface area contributed by atoms with Crippen LogP contribution in [0.25, 0.3) is 22.0 Å². The van der Waals surface area contributed by atoms with Crippen LogP contribution in [0.1, 0.15) is 75.3 Å². The summed E-state index contributed by atoms with van der Waals surface area (Å²) < 4.78 is 37.4. The van der Waals surface area contributed by atoms with Crippen molar-refractivity contribution < 1.29 is 18.6 Å². The number of phenolic OH excluding ortho intramolecular Hbond substituents is 1. The zero-order chi connectivity index (χ0) is 29.9. The molecule has 0 amide bonds. The number of nitrogens with zero attached hydrogens (tertiary/aromatic N) is 4. The van der Waals surface area contributed by atoms with Gasteiger partial charge in [-0.2, -0.15) is 9.97 Å². The lowest BCUT2D eigenvalue weighted by molar-refractivity contribution is 0.0738. The van der Waals surface area contributed by atoms with Crippen molar-refractivity contribution in [3.63, 3.8) is 0 Å². The van der Waals surface area contributed by atoms with Crippen LogP contribution >= 0.6 is 0 Å². The quantitative estimate of drug-likeness (QED) is 0.313. The SMILES string of the molecule is CC1CCCc2cc(O)cc(-c3ccc4c(NCC5(N(C)C)CCC5)nc(OC[C@@]56CCCN5C[C@H](F)C6)nc4c3F)c21. The van der Waals surface area contributed by atoms with E-state index >= 15 is 4.39 Å². The van der Waals surface area contributed by atoms with Crippen molar-refractivity contribution in [3.05, 3.63) is 41.2 Å². The van der Waals surface area contributed by atoms with Gasteiger partial charge in [-0.1, -0.05) is 13.0 Å². The highest BCUT2D eigenvalue weighted by Crippen LogP contribution is 2.44. The van der Waals surface area contributed by atoms with E-state index in [9.17, 15) is 9.50 Å². The molecule has 1 saturated carbocycles. The predicted octanol–water partition coefficient (Wildman–Crippen LogP) is 6.43. The maximum Gasteiger partial charge on any atom is 0.319 e. The first-order valence-corrected chi connectivity index (χ1v) is 16.0. The number of fused-ring (bicyclic) bond motifs is 3. The van der Waals surface area contributed by atoms with E-state index in [-0.39, 0.29) is 40.9 Å². The fourth-order valence-corrected chi connectivity index (χ4v) is 8.26. The van der Waals surface area contributed by atoms with Crippen molar-refractivity contribution in [1.82, 2.24) is 19.8 Å². The van der Waals surface area contributed by atoms with Crippen molar-refractivity contribution in [2.75, 3.05) is 45.7 Å². The van der Waals surface area contributed by atoms with Gasteiger partial charge in [-0.25, -0.2) is 8.78 Å². The van der Waals surface area contributed by atoms with Crippen LogP contribution in [0.15, 0.2) is 24.3 Å². The molecule has 0 spiro atoms. The monoisotopic (exact) mass is 591 g/mol. The number of ether oxygens (including phenoxy) is 1. The number of benzene rings is 2. The first-order valence-electron chi connectivity index (χ1n) is 16.0. The third-order valence-corrected chi connectivity index (χ3v) is 11.0. The predicted molar refractivity (Wildman–Crippen MR) is 165 cm³/mol. The van der Waals surface area contributed by atoms with E-state index in [2.05, 4.69) is 41.1 Å². The fourth-order valence-electron chi connectivity index (χ4n) is 8.26. The number of alkyl halides is 1. The second-order valence-corrected chi connectivity index (χ2v) is 13.7. The third kappa shape index (κ3) is 4.92. The molecule has 2 aliphatic heterocycles. The van der Waals surface area contributed by atoms with E-state index in [4.69, 9.17) is 9.72 Å². The molecule has 43 heavy (non-hydrogen) atoms. The van der Waals surface area contributed by atoms with E-state index in [1.807, 2.05) is 12.1 Å². The number of aryl methyl sites for hydroxylation is 1. The van der Waals surface area contributed by atoms with Gasteiger partial charge in [0, 0.05) is 36.0 Å². The van der Waals surface area contributed by atoms with E-state index in [0.29, 0.717) is 36.3 Å². The van der Waals surface area contributed by atoms with Gasteiger partial charge in [0.05, 0.1) is 5.54 Å². The summed E-state index contributed by atoms with van der Waals surface area (Å²) in [5, 5.41) is 14.7. The lowest BCUT2D eigenvalue weighted by Gasteiger charge is -2.47. The second kappa shape index (κ2) is 10.8. The number of likely N-dealkylation sites (N-methyl/N-ethyl adjacent to an activating group) is 1. The van der Waals surface area contributed by atoms with Crippen LogP contribution in [0.3, 0.4) is 0 Å². The Balaban J connectivity index is 1.30. The maximum atomic E-state index is 16.7. The molecule has 3 heterocycles. The molecule has 2 saturated heterocycles. The summed E-state index contributed by atoms with van der Waals surface area (Å²) in [6, 6.07) is 7.29. The summed E-state index contributed by atoms with van der Waals surface area (Å²) in [7, 11) is 4.20. The molecule has 0 bridgehead atoms. The minimum absolute atomic E-state index is 0.0246. The molecule has 9 heteroatoms. The maximum absolute atomic E-state index is 16.7. The number of aromatic hydroxyl groups is 1. The normalized spacial score (nSPS) is 26.4. The molecular formula is C34H43F2N5O2. The van der Waals surface area contributed by atoms with E-state index < -0.39 is 12.0 Å². The molecule has 2 aromatic carbocycles. The van der Waals surface area contributed by atoms with Gasteiger partial charge in [-0.3, -0.25) is 4.90 Å². The molecule has 1 aromatic heterocycles. The van der Waals surface area contributed by atoms with Crippen LogP contribution < -0.4 is 10.1 Å². The molecule has 3 atom stereocenters. The standard InChI is InChI=1S/C34H43F2N5O2/c1-21-7-4-8-22-15-24(42)16-27(28(21)22)25-9-10-26-30(29(25)36)38-32(39-31(26)37-19-33(40(2)3)11-5-12-33)43-20-34-13-6-14-41(34)18-23(35)17-34/h9-10,15-16,21,23,42H,4-8,11-14,17-20H2,1-3H3,(H,37,38,39)/t21?,23-,34+/m1/s1. The zero-order valence-electron chi connectivity index (χ0n) is 25.6. The van der Waals surface area contributed by atoms with Crippen LogP contribution in [0.4, 0.5) is 14.6 Å². The van der Waals surface area contributed by atoms with Gasteiger partial charge in [-0.05, 0) is 113 Å². The molecule has 2 N–H and O–H groups in total. The molecule has 3 fully saturated rings. The Morgan fingerprint density at radius 1 is 1.12 bits per heavy atom. The summed E-state index contributed by atoms with van der Waals surface area (Å²) >= 11 is 0. The number of nitrogens with one attached hydrogen (secondary N) is 1. The Morgan fingerprint density at radius 3 is 2.72 bits per heavy atom. The number of aromatic nitrogens is 2. The summed E-state index contributed by atoms with van der Waals surface area (Å²) in [4.78, 5) is 13.9. The molecule has 7 nitrogen and oxygen atoms in total. The molecule has 7 rings (SSSR count). The average molecular weight is 592 g/mol. The zero-order valence-corrected chi connectivity index (χ0v) is 25.6. The van der Waals surface area contributed by atoms with Gasteiger partial charge < -0.3 is 20.1 Å². The first kappa shape index (κ1) is 28.7. The van der Waals surface area contributed by atoms with Crippen LogP contribution in [0, 0.1) is 5.82 Å². The number of anilines is 1. The number of hydrogen-bond acceptors (Lipinski definition) is 7. The Hall–Kier alpha value is -3.04. The highest BCUT2D eigenvalue weighted by atomic mass is 19.1. The van der Waals surface area contributed by atoms with Gasteiger partial charge in [0.15, 0.2) is 5.82 Å². The smallest absolute Gasteiger partial charge is 0.319 e. The number of rotatable bonds is 8. The van der Waals surface area contributed by atoms with Crippen molar-refractivity contribution in [1.29, 1.82) is 0 Å². The Labute approximate surface area is 252 Å². The topological polar surface area (TPSA) is 73.8 Å². The number of phenols is 1. The molecule has 1 unspecified atom stereocenters. The molecule has 0 radical (unpaired) electrons. The first-order chi connectivity index (χ1) is 20.7. The Kier molecular flexibility index (Phi) is 7.24. The molecular weight excluding hydrogens is 548 g/mol. The highest BCUT2D eigenvalue weighted by molar-refractivity contribution is 5.93. The molecule has 4 aliphatic rings. The van der Waals surface area contributed by atoms with Gasteiger partial charge in [-0.15, -0.1) is 0 Å². The molecule has 2 aliphatic carbocycles. The van der Waals surface area contributed by atoms with Gasteiger partial charge in [0.1, 0.15) is 29.9 Å². The summed E-state index contributed by atoms with van der Waals surface area (Å²) in [6.45, 7) is 4.43. The minimum Gasteiger partial charge on any atom is -0.508 e. The number of hydrogen-bond donors (Lipinski definition) is 2. The van der Waals surface area contributed by atoms with Gasteiger partial charge in [0.25, 0.3) is 0 Å². The van der Waals surface area contributed by atoms with Crippen LogP contribution in [0.5, 0.6) is 11.8 Å². The van der Waals surface area contributed by atoms with Crippen molar-refractivity contribution >= 4 is 16.7 Å². The van der Waals surface area contributed by atoms with E-state index in [1.54, 1.807) is 12.1 Å². The van der Waals surface area contributed by atoms with Gasteiger partial charge >= 0.3 is 6.01 Å².